The van der Waals surface area contributed by atoms with Crippen molar-refractivity contribution in [3.8, 4) is 0 Å². The lowest BCUT2D eigenvalue weighted by Gasteiger charge is -2.29. The van der Waals surface area contributed by atoms with E-state index in [1.807, 2.05) is 32.2 Å². The molecule has 0 unspecified atom stereocenters. The number of carbonyl (C=O) groups is 2. The Morgan fingerprint density at radius 3 is 2.03 bits per heavy atom. The number of hydrogen-bond acceptors (Lipinski definition) is 3. The summed E-state index contributed by atoms with van der Waals surface area (Å²) in [6.07, 6.45) is 0. The molecule has 0 atom stereocenters. The van der Waals surface area contributed by atoms with Crippen LogP contribution in [0.3, 0.4) is 0 Å². The van der Waals surface area contributed by atoms with Crippen LogP contribution in [-0.4, -0.2) is 34.7 Å². The fourth-order valence-corrected chi connectivity index (χ4v) is 4.40. The van der Waals surface area contributed by atoms with Gasteiger partial charge in [0, 0.05) is 23.5 Å². The molecule has 0 aliphatic rings. The van der Waals surface area contributed by atoms with Crippen molar-refractivity contribution in [2.24, 2.45) is 5.92 Å². The molecule has 2 aromatic carbocycles. The Balaban J connectivity index is 1.83. The van der Waals surface area contributed by atoms with Crippen LogP contribution < -0.4 is 0 Å². The summed E-state index contributed by atoms with van der Waals surface area (Å²) in [6, 6.07) is 13.4. The molecule has 3 rings (SSSR count). The van der Waals surface area contributed by atoms with Gasteiger partial charge >= 0.3 is 0 Å². The SMILES string of the molecule is Cc1ccsc1CN(Cc1ccc(F)cc1)C(=O)CN(CC(C)C)C(=O)c1ccc(F)cc1. The first kappa shape index (κ1) is 24.6. The molecule has 174 valence electrons. The van der Waals surface area contributed by atoms with Gasteiger partial charge in [0.05, 0.1) is 6.54 Å². The molecular formula is C26H28F2N2O2S. The van der Waals surface area contributed by atoms with Crippen molar-refractivity contribution in [1.82, 2.24) is 9.80 Å². The molecule has 4 nitrogen and oxygen atoms in total. The molecular weight excluding hydrogens is 442 g/mol. The molecule has 33 heavy (non-hydrogen) atoms. The summed E-state index contributed by atoms with van der Waals surface area (Å²) in [6.45, 7) is 6.94. The average Bonchev–Trinajstić information content (AvgIpc) is 3.18. The third-order valence-corrected chi connectivity index (χ3v) is 6.24. The normalized spacial score (nSPS) is 11.0. The van der Waals surface area contributed by atoms with Crippen LogP contribution in [0.25, 0.3) is 0 Å². The molecule has 0 saturated heterocycles. The summed E-state index contributed by atoms with van der Waals surface area (Å²) >= 11 is 1.57. The van der Waals surface area contributed by atoms with Crippen molar-refractivity contribution in [3.05, 3.63) is 93.2 Å². The minimum Gasteiger partial charge on any atom is -0.332 e. The summed E-state index contributed by atoms with van der Waals surface area (Å²) in [5.74, 6) is -1.13. The Morgan fingerprint density at radius 2 is 1.48 bits per heavy atom. The van der Waals surface area contributed by atoms with Crippen LogP contribution in [0, 0.1) is 24.5 Å². The maximum Gasteiger partial charge on any atom is 0.254 e. The minimum atomic E-state index is -0.421. The van der Waals surface area contributed by atoms with E-state index >= 15 is 0 Å². The van der Waals surface area contributed by atoms with E-state index in [-0.39, 0.29) is 30.1 Å². The number of amides is 2. The highest BCUT2D eigenvalue weighted by Crippen LogP contribution is 2.20. The number of halogens is 2. The highest BCUT2D eigenvalue weighted by Gasteiger charge is 2.24. The van der Waals surface area contributed by atoms with E-state index in [1.54, 1.807) is 28.4 Å². The van der Waals surface area contributed by atoms with E-state index in [0.717, 1.165) is 16.0 Å². The van der Waals surface area contributed by atoms with Crippen molar-refractivity contribution in [2.75, 3.05) is 13.1 Å². The zero-order chi connectivity index (χ0) is 24.0. The van der Waals surface area contributed by atoms with E-state index in [9.17, 15) is 18.4 Å². The van der Waals surface area contributed by atoms with E-state index in [2.05, 4.69) is 0 Å². The van der Waals surface area contributed by atoms with Crippen molar-refractivity contribution in [3.63, 3.8) is 0 Å². The number of aryl methyl sites for hydroxylation is 1. The van der Waals surface area contributed by atoms with Gasteiger partial charge in [-0.05, 0) is 71.8 Å². The second-order valence-corrected chi connectivity index (χ2v) is 9.49. The van der Waals surface area contributed by atoms with Crippen molar-refractivity contribution in [1.29, 1.82) is 0 Å². The third kappa shape index (κ3) is 6.96. The molecule has 7 heteroatoms. The number of carbonyl (C=O) groups excluding carboxylic acids is 2. The largest absolute Gasteiger partial charge is 0.332 e. The lowest BCUT2D eigenvalue weighted by molar-refractivity contribution is -0.133. The quantitative estimate of drug-likeness (QED) is 0.405. The van der Waals surface area contributed by atoms with Crippen LogP contribution in [0.5, 0.6) is 0 Å². The highest BCUT2D eigenvalue weighted by atomic mass is 32.1. The van der Waals surface area contributed by atoms with Crippen LogP contribution >= 0.6 is 11.3 Å². The van der Waals surface area contributed by atoms with Crippen LogP contribution in [0.15, 0.2) is 60.0 Å². The zero-order valence-corrected chi connectivity index (χ0v) is 19.9. The Bertz CT molecular complexity index is 1080. The number of nitrogens with zero attached hydrogens (tertiary/aromatic N) is 2. The second-order valence-electron chi connectivity index (χ2n) is 8.49. The molecule has 0 aliphatic carbocycles. The van der Waals surface area contributed by atoms with Gasteiger partial charge in [-0.25, -0.2) is 8.78 Å². The van der Waals surface area contributed by atoms with Crippen molar-refractivity contribution in [2.45, 2.75) is 33.9 Å². The van der Waals surface area contributed by atoms with Crippen LogP contribution in [0.1, 0.15) is 40.2 Å². The van der Waals surface area contributed by atoms with Gasteiger partial charge in [0.15, 0.2) is 0 Å². The summed E-state index contributed by atoms with van der Waals surface area (Å²) < 4.78 is 26.7. The maximum atomic E-state index is 13.4. The third-order valence-electron chi connectivity index (χ3n) is 5.23. The molecule has 0 fully saturated rings. The molecule has 1 heterocycles. The first-order valence-electron chi connectivity index (χ1n) is 10.8. The summed E-state index contributed by atoms with van der Waals surface area (Å²) in [4.78, 5) is 30.8. The molecule has 1 aromatic heterocycles. The minimum absolute atomic E-state index is 0.0972. The Labute approximate surface area is 197 Å². The van der Waals surface area contributed by atoms with Crippen LogP contribution in [0.4, 0.5) is 8.78 Å². The first-order chi connectivity index (χ1) is 15.7. The van der Waals surface area contributed by atoms with Crippen molar-refractivity contribution >= 4 is 23.2 Å². The molecule has 0 N–H and O–H groups in total. The van der Waals surface area contributed by atoms with Crippen molar-refractivity contribution < 1.29 is 18.4 Å². The Morgan fingerprint density at radius 1 is 0.879 bits per heavy atom. The molecule has 0 radical (unpaired) electrons. The topological polar surface area (TPSA) is 40.6 Å². The Hall–Kier alpha value is -3.06. The molecule has 0 saturated carbocycles. The van der Waals surface area contributed by atoms with Gasteiger partial charge in [-0.3, -0.25) is 9.59 Å². The zero-order valence-electron chi connectivity index (χ0n) is 19.1. The van der Waals surface area contributed by atoms with Gasteiger partial charge in [0.1, 0.15) is 18.2 Å². The van der Waals surface area contributed by atoms with Gasteiger partial charge in [-0.2, -0.15) is 0 Å². The standard InChI is InChI=1S/C26H28F2N2O2S/c1-18(2)14-30(26(32)21-6-10-23(28)11-7-21)17-25(31)29(16-24-19(3)12-13-33-24)15-20-4-8-22(27)9-5-20/h4-13,18H,14-17H2,1-3H3. The second kappa shape index (κ2) is 11.2. The maximum absolute atomic E-state index is 13.4. The first-order valence-corrected chi connectivity index (χ1v) is 11.7. The molecule has 0 spiro atoms. The summed E-state index contributed by atoms with van der Waals surface area (Å²) in [5.41, 5.74) is 2.24. The van der Waals surface area contributed by atoms with Gasteiger partial charge in [-0.15, -0.1) is 11.3 Å². The predicted octanol–water partition coefficient (Wildman–Crippen LogP) is 5.66. The number of hydrogen-bond donors (Lipinski definition) is 0. The number of thiophene rings is 1. The fraction of sp³-hybridized carbons (Fsp3) is 0.308. The lowest BCUT2D eigenvalue weighted by Crippen LogP contribution is -2.43. The smallest absolute Gasteiger partial charge is 0.254 e. The van der Waals surface area contributed by atoms with E-state index < -0.39 is 5.82 Å². The van der Waals surface area contributed by atoms with Gasteiger partial charge in [0.25, 0.3) is 5.91 Å². The number of benzene rings is 2. The monoisotopic (exact) mass is 470 g/mol. The molecule has 0 bridgehead atoms. The van der Waals surface area contributed by atoms with E-state index in [0.29, 0.717) is 25.2 Å². The van der Waals surface area contributed by atoms with E-state index in [1.165, 1.54) is 41.3 Å². The predicted molar refractivity (Wildman–Crippen MR) is 127 cm³/mol. The van der Waals surface area contributed by atoms with Crippen LogP contribution in [-0.2, 0) is 17.9 Å². The van der Waals surface area contributed by atoms with Gasteiger partial charge in [0.2, 0.25) is 5.91 Å². The lowest BCUT2D eigenvalue weighted by atomic mass is 10.1. The van der Waals surface area contributed by atoms with Gasteiger partial charge in [-0.1, -0.05) is 26.0 Å². The fourth-order valence-electron chi connectivity index (χ4n) is 3.48. The molecule has 2 amide bonds. The highest BCUT2D eigenvalue weighted by molar-refractivity contribution is 7.10. The van der Waals surface area contributed by atoms with Gasteiger partial charge < -0.3 is 9.80 Å². The molecule has 0 aliphatic heterocycles. The Kier molecular flexibility index (Phi) is 8.33. The van der Waals surface area contributed by atoms with E-state index in [4.69, 9.17) is 0 Å². The molecule has 3 aromatic rings. The average molecular weight is 471 g/mol. The van der Waals surface area contributed by atoms with Crippen LogP contribution in [0.2, 0.25) is 0 Å². The summed E-state index contributed by atoms with van der Waals surface area (Å²) in [5, 5.41) is 1.98. The number of rotatable bonds is 9. The summed E-state index contributed by atoms with van der Waals surface area (Å²) in [7, 11) is 0.